The largest absolute Gasteiger partial charge is 0.382 e. The number of hydrogen-bond donors (Lipinski definition) is 2. The van der Waals surface area contributed by atoms with Gasteiger partial charge in [0.25, 0.3) is 5.69 Å². The molecule has 1 aromatic rings. The summed E-state index contributed by atoms with van der Waals surface area (Å²) in [6, 6.07) is 6.31. The molecule has 3 atom stereocenters. The van der Waals surface area contributed by atoms with Crippen LogP contribution in [0.5, 0.6) is 0 Å². The van der Waals surface area contributed by atoms with Gasteiger partial charge in [-0.2, -0.15) is 0 Å². The lowest BCUT2D eigenvalue weighted by Crippen LogP contribution is -2.38. The smallest absolute Gasteiger partial charge is 0.285 e. The fourth-order valence-corrected chi connectivity index (χ4v) is 4.07. The summed E-state index contributed by atoms with van der Waals surface area (Å²) in [7, 11) is 0. The molecule has 1 saturated carbocycles. The summed E-state index contributed by atoms with van der Waals surface area (Å²) >= 11 is 3.23. The predicted molar refractivity (Wildman–Crippen MR) is 86.6 cm³/mol. The lowest BCUT2D eigenvalue weighted by Gasteiger charge is -2.27. The summed E-state index contributed by atoms with van der Waals surface area (Å²) in [5.41, 5.74) is 0.966. The zero-order valence-electron chi connectivity index (χ0n) is 11.8. The van der Waals surface area contributed by atoms with Crippen molar-refractivity contribution >= 4 is 27.3 Å². The van der Waals surface area contributed by atoms with Gasteiger partial charge in [0.15, 0.2) is 0 Å². The van der Waals surface area contributed by atoms with Crippen molar-refractivity contribution in [1.82, 2.24) is 5.32 Å². The number of nitro groups is 1. The van der Waals surface area contributed by atoms with Crippen LogP contribution in [0.4, 0.5) is 11.4 Å². The molecule has 0 aromatic heterocycles. The molecule has 114 valence electrons. The summed E-state index contributed by atoms with van der Waals surface area (Å²) < 4.78 is 0.526. The van der Waals surface area contributed by atoms with Crippen LogP contribution >= 0.6 is 15.9 Å². The molecule has 1 aliphatic heterocycles. The number of benzene rings is 1. The van der Waals surface area contributed by atoms with Crippen molar-refractivity contribution in [2.45, 2.75) is 44.2 Å². The van der Waals surface area contributed by atoms with Gasteiger partial charge in [0.2, 0.25) is 0 Å². The first-order valence-corrected chi connectivity index (χ1v) is 8.38. The van der Waals surface area contributed by atoms with Crippen LogP contribution in [0.15, 0.2) is 22.7 Å². The molecule has 5 nitrogen and oxygen atoms in total. The Balaban J connectivity index is 1.73. The zero-order chi connectivity index (χ0) is 14.8. The Morgan fingerprint density at radius 2 is 2.14 bits per heavy atom. The Labute approximate surface area is 132 Å². The Morgan fingerprint density at radius 3 is 2.86 bits per heavy atom. The highest BCUT2D eigenvalue weighted by Crippen LogP contribution is 2.35. The second-order valence-electron chi connectivity index (χ2n) is 5.97. The van der Waals surface area contributed by atoms with E-state index in [1.54, 1.807) is 12.1 Å². The first kappa shape index (κ1) is 14.8. The van der Waals surface area contributed by atoms with Gasteiger partial charge in [-0.3, -0.25) is 10.1 Å². The molecule has 0 radical (unpaired) electrons. The summed E-state index contributed by atoms with van der Waals surface area (Å²) in [4.78, 5) is 10.7. The topological polar surface area (TPSA) is 67.2 Å². The van der Waals surface area contributed by atoms with E-state index in [4.69, 9.17) is 0 Å². The molecule has 6 heteroatoms. The number of hydrogen-bond acceptors (Lipinski definition) is 4. The highest BCUT2D eigenvalue weighted by Gasteiger charge is 2.35. The van der Waals surface area contributed by atoms with E-state index < -0.39 is 0 Å². The highest BCUT2D eigenvalue weighted by molar-refractivity contribution is 9.10. The molecule has 1 heterocycles. The second-order valence-corrected chi connectivity index (χ2v) is 6.83. The molecule has 2 aliphatic rings. The number of halogens is 1. The minimum atomic E-state index is -0.347. The van der Waals surface area contributed by atoms with E-state index in [2.05, 4.69) is 26.6 Å². The minimum Gasteiger partial charge on any atom is -0.382 e. The van der Waals surface area contributed by atoms with Gasteiger partial charge in [-0.25, -0.2) is 0 Å². The molecule has 1 aromatic carbocycles. The summed E-state index contributed by atoms with van der Waals surface area (Å²) in [5, 5.41) is 18.1. The Hall–Kier alpha value is -1.14. The average Bonchev–Trinajstić information content (AvgIpc) is 3.11. The second kappa shape index (κ2) is 6.32. The van der Waals surface area contributed by atoms with Gasteiger partial charge < -0.3 is 10.6 Å². The number of nitrogens with zero attached hydrogens (tertiary/aromatic N) is 1. The molecule has 21 heavy (non-hydrogen) atoms. The Kier molecular flexibility index (Phi) is 4.45. The van der Waals surface area contributed by atoms with Gasteiger partial charge >= 0.3 is 0 Å². The van der Waals surface area contributed by atoms with Gasteiger partial charge in [0.05, 0.1) is 9.40 Å². The standard InChI is InChI=1S/C15H20BrN3O2/c16-12-7-6-10(9-15(12)19(20)21)18-14-4-1-3-11(14)13-5-2-8-17-13/h6-7,9,11,13-14,17-18H,1-5,8H2. The third-order valence-electron chi connectivity index (χ3n) is 4.68. The molecule has 3 unspecified atom stereocenters. The van der Waals surface area contributed by atoms with E-state index in [0.717, 1.165) is 18.7 Å². The average molecular weight is 354 g/mol. The van der Waals surface area contributed by atoms with Crippen LogP contribution in [0.2, 0.25) is 0 Å². The van der Waals surface area contributed by atoms with Crippen molar-refractivity contribution in [3.63, 3.8) is 0 Å². The fourth-order valence-electron chi connectivity index (χ4n) is 3.68. The van der Waals surface area contributed by atoms with Crippen molar-refractivity contribution in [3.05, 3.63) is 32.8 Å². The van der Waals surface area contributed by atoms with Crippen LogP contribution in [0.25, 0.3) is 0 Å². The number of nitro benzene ring substituents is 1. The van der Waals surface area contributed by atoms with Gasteiger partial charge in [0.1, 0.15) is 0 Å². The van der Waals surface area contributed by atoms with E-state index in [0.29, 0.717) is 22.5 Å². The normalized spacial score (nSPS) is 28.7. The van der Waals surface area contributed by atoms with Crippen LogP contribution in [0.3, 0.4) is 0 Å². The van der Waals surface area contributed by atoms with Crippen LogP contribution in [-0.2, 0) is 0 Å². The Morgan fingerprint density at radius 1 is 1.29 bits per heavy atom. The van der Waals surface area contributed by atoms with E-state index in [-0.39, 0.29) is 10.6 Å². The SMILES string of the molecule is O=[N+]([O-])c1cc(NC2CCCC2C2CCCN2)ccc1Br. The maximum Gasteiger partial charge on any atom is 0.285 e. The minimum absolute atomic E-state index is 0.119. The van der Waals surface area contributed by atoms with E-state index in [1.807, 2.05) is 6.07 Å². The zero-order valence-corrected chi connectivity index (χ0v) is 13.4. The van der Waals surface area contributed by atoms with E-state index in [1.165, 1.54) is 25.7 Å². The molecule has 2 fully saturated rings. The summed E-state index contributed by atoms with van der Waals surface area (Å²) in [5.74, 6) is 0.634. The van der Waals surface area contributed by atoms with Crippen molar-refractivity contribution in [3.8, 4) is 0 Å². The molecule has 0 amide bonds. The molecule has 0 spiro atoms. The van der Waals surface area contributed by atoms with Gasteiger partial charge in [-0.05, 0) is 66.2 Å². The van der Waals surface area contributed by atoms with Crippen LogP contribution in [0, 0.1) is 16.0 Å². The van der Waals surface area contributed by atoms with Gasteiger partial charge in [-0.15, -0.1) is 0 Å². The Bertz CT molecular complexity index is 532. The van der Waals surface area contributed by atoms with Gasteiger partial charge in [0, 0.05) is 23.8 Å². The third-order valence-corrected chi connectivity index (χ3v) is 5.35. The van der Waals surface area contributed by atoms with Crippen LogP contribution in [-0.4, -0.2) is 23.6 Å². The lowest BCUT2D eigenvalue weighted by molar-refractivity contribution is -0.385. The fraction of sp³-hybridized carbons (Fsp3) is 0.600. The molecular weight excluding hydrogens is 334 g/mol. The van der Waals surface area contributed by atoms with Crippen LogP contribution < -0.4 is 10.6 Å². The van der Waals surface area contributed by atoms with Gasteiger partial charge in [-0.1, -0.05) is 6.42 Å². The quantitative estimate of drug-likeness (QED) is 0.639. The maximum absolute atomic E-state index is 11.0. The molecule has 0 bridgehead atoms. The predicted octanol–water partition coefficient (Wildman–Crippen LogP) is 3.69. The molecule has 2 N–H and O–H groups in total. The van der Waals surface area contributed by atoms with E-state index in [9.17, 15) is 10.1 Å². The molecule has 3 rings (SSSR count). The van der Waals surface area contributed by atoms with E-state index >= 15 is 0 Å². The van der Waals surface area contributed by atoms with Crippen molar-refractivity contribution < 1.29 is 4.92 Å². The first-order chi connectivity index (χ1) is 10.1. The summed E-state index contributed by atoms with van der Waals surface area (Å²) in [6.45, 7) is 1.12. The third kappa shape index (κ3) is 3.21. The molecular formula is C15H20BrN3O2. The number of nitrogens with one attached hydrogen (secondary N) is 2. The summed E-state index contributed by atoms with van der Waals surface area (Å²) in [6.07, 6.45) is 6.14. The first-order valence-electron chi connectivity index (χ1n) is 7.59. The lowest BCUT2D eigenvalue weighted by atomic mass is 9.93. The van der Waals surface area contributed by atoms with Crippen molar-refractivity contribution in [1.29, 1.82) is 0 Å². The van der Waals surface area contributed by atoms with Crippen molar-refractivity contribution in [2.24, 2.45) is 5.92 Å². The number of anilines is 1. The monoisotopic (exact) mass is 353 g/mol. The molecule has 1 saturated heterocycles. The van der Waals surface area contributed by atoms with Crippen LogP contribution in [0.1, 0.15) is 32.1 Å². The van der Waals surface area contributed by atoms with Crippen molar-refractivity contribution in [2.75, 3.05) is 11.9 Å². The molecule has 1 aliphatic carbocycles. The highest BCUT2D eigenvalue weighted by atomic mass is 79.9. The number of rotatable bonds is 4. The maximum atomic E-state index is 11.0.